The van der Waals surface area contributed by atoms with E-state index in [-0.39, 0.29) is 5.91 Å². The van der Waals surface area contributed by atoms with Crippen LogP contribution >= 0.6 is 0 Å². The molecule has 0 saturated heterocycles. The zero-order valence-corrected chi connectivity index (χ0v) is 12.6. The quantitative estimate of drug-likeness (QED) is 0.782. The predicted molar refractivity (Wildman–Crippen MR) is 81.3 cm³/mol. The molecule has 1 aromatic carbocycles. The highest BCUT2D eigenvalue weighted by Crippen LogP contribution is 2.15. The second kappa shape index (κ2) is 8.21. The van der Waals surface area contributed by atoms with E-state index >= 15 is 0 Å². The first-order chi connectivity index (χ1) is 9.99. The molecule has 0 aliphatic carbocycles. The number of benzene rings is 1. The molecule has 0 spiro atoms. The Morgan fingerprint density at radius 1 is 1.38 bits per heavy atom. The van der Waals surface area contributed by atoms with Gasteiger partial charge in [0, 0.05) is 31.8 Å². The number of amides is 1. The third-order valence-corrected chi connectivity index (χ3v) is 3.17. The number of ether oxygens (including phenoxy) is 1. The number of carbonyl (C=O) groups excluding carboxylic acids is 1. The molecule has 1 aromatic rings. The lowest BCUT2D eigenvalue weighted by molar-refractivity contribution is -0.131. The van der Waals surface area contributed by atoms with Crippen LogP contribution in [0.25, 0.3) is 6.08 Å². The fourth-order valence-electron chi connectivity index (χ4n) is 1.90. The molecule has 0 aliphatic heterocycles. The summed E-state index contributed by atoms with van der Waals surface area (Å²) < 4.78 is 5.00. The van der Waals surface area contributed by atoms with Crippen LogP contribution in [0.15, 0.2) is 24.3 Å². The molecule has 0 fully saturated rings. The number of aryl methyl sites for hydroxylation is 1. The molecule has 1 N–H and O–H groups in total. The van der Waals surface area contributed by atoms with Crippen molar-refractivity contribution in [1.82, 2.24) is 4.90 Å². The number of hydrogen-bond acceptors (Lipinski definition) is 3. The summed E-state index contributed by atoms with van der Waals surface area (Å²) >= 11 is 0. The summed E-state index contributed by atoms with van der Waals surface area (Å²) in [6, 6.07) is 5.29. The second-order valence-corrected chi connectivity index (χ2v) is 4.62. The Kier molecular flexibility index (Phi) is 6.62. The van der Waals surface area contributed by atoms with E-state index < -0.39 is 5.97 Å². The van der Waals surface area contributed by atoms with E-state index in [1.807, 2.05) is 19.9 Å². The van der Waals surface area contributed by atoms with E-state index in [1.54, 1.807) is 24.1 Å². The van der Waals surface area contributed by atoms with Crippen molar-refractivity contribution in [2.45, 2.75) is 13.8 Å². The van der Waals surface area contributed by atoms with Crippen molar-refractivity contribution in [3.63, 3.8) is 0 Å². The third kappa shape index (κ3) is 5.04. The number of aliphatic carboxylic acids is 1. The van der Waals surface area contributed by atoms with Gasteiger partial charge in [0.05, 0.1) is 6.61 Å². The highest BCUT2D eigenvalue weighted by molar-refractivity contribution is 5.95. The van der Waals surface area contributed by atoms with E-state index in [9.17, 15) is 9.59 Å². The molecule has 0 bridgehead atoms. The van der Waals surface area contributed by atoms with Crippen LogP contribution in [0.1, 0.15) is 28.4 Å². The van der Waals surface area contributed by atoms with E-state index in [2.05, 4.69) is 0 Å². The van der Waals surface area contributed by atoms with Gasteiger partial charge < -0.3 is 14.7 Å². The fraction of sp³-hybridized carbons (Fsp3) is 0.375. The van der Waals surface area contributed by atoms with Crippen molar-refractivity contribution in [2.24, 2.45) is 0 Å². The van der Waals surface area contributed by atoms with Gasteiger partial charge in [-0.3, -0.25) is 4.79 Å². The van der Waals surface area contributed by atoms with Crippen molar-refractivity contribution in [3.8, 4) is 0 Å². The minimum Gasteiger partial charge on any atom is -0.478 e. The molecule has 0 saturated carbocycles. The zero-order valence-electron chi connectivity index (χ0n) is 12.6. The standard InChI is InChI=1S/C16H21NO4/c1-4-17(9-10-21-3)16(20)14-6-5-12(2)13(11-14)7-8-15(18)19/h5-8,11H,4,9-10H2,1-3H3,(H,18,19)/b8-7+. The Morgan fingerprint density at radius 2 is 2.10 bits per heavy atom. The van der Waals surface area contributed by atoms with Crippen molar-refractivity contribution in [3.05, 3.63) is 41.0 Å². The Hall–Kier alpha value is -2.14. The van der Waals surface area contributed by atoms with Crippen molar-refractivity contribution < 1.29 is 19.4 Å². The maximum atomic E-state index is 12.4. The van der Waals surface area contributed by atoms with Crippen LogP contribution in [0.4, 0.5) is 0 Å². The largest absolute Gasteiger partial charge is 0.478 e. The molecule has 5 nitrogen and oxygen atoms in total. The average molecular weight is 291 g/mol. The van der Waals surface area contributed by atoms with E-state index in [0.717, 1.165) is 17.2 Å². The molecule has 1 amide bonds. The Morgan fingerprint density at radius 3 is 2.67 bits per heavy atom. The van der Waals surface area contributed by atoms with Crippen LogP contribution < -0.4 is 0 Å². The summed E-state index contributed by atoms with van der Waals surface area (Å²) in [7, 11) is 1.60. The van der Waals surface area contributed by atoms with E-state index in [1.165, 1.54) is 6.08 Å². The van der Waals surface area contributed by atoms with E-state index in [4.69, 9.17) is 9.84 Å². The number of nitrogens with zero attached hydrogens (tertiary/aromatic N) is 1. The predicted octanol–water partition coefficient (Wildman–Crippen LogP) is 2.20. The Bertz CT molecular complexity index is 537. The molecule has 1 rings (SSSR count). The van der Waals surface area contributed by atoms with E-state index in [0.29, 0.717) is 25.3 Å². The molecular weight excluding hydrogens is 270 g/mol. The van der Waals surface area contributed by atoms with Gasteiger partial charge in [-0.1, -0.05) is 6.07 Å². The topological polar surface area (TPSA) is 66.8 Å². The van der Waals surface area contributed by atoms with Crippen LogP contribution in [0.2, 0.25) is 0 Å². The van der Waals surface area contributed by atoms with Crippen LogP contribution in [0.3, 0.4) is 0 Å². The number of likely N-dealkylation sites (N-methyl/N-ethyl adjacent to an activating group) is 1. The summed E-state index contributed by atoms with van der Waals surface area (Å²) in [5.41, 5.74) is 2.19. The summed E-state index contributed by atoms with van der Waals surface area (Å²) in [4.78, 5) is 24.7. The molecular formula is C16H21NO4. The fourth-order valence-corrected chi connectivity index (χ4v) is 1.90. The maximum Gasteiger partial charge on any atom is 0.328 e. The average Bonchev–Trinajstić information content (AvgIpc) is 2.46. The molecule has 0 aromatic heterocycles. The summed E-state index contributed by atoms with van der Waals surface area (Å²) in [5.74, 6) is -1.10. The van der Waals surface area contributed by atoms with Crippen LogP contribution in [-0.2, 0) is 9.53 Å². The minimum atomic E-state index is -1.01. The Labute approximate surface area is 124 Å². The molecule has 0 atom stereocenters. The molecule has 0 heterocycles. The van der Waals surface area contributed by atoms with Gasteiger partial charge >= 0.3 is 5.97 Å². The number of carboxylic acids is 1. The first kappa shape index (κ1) is 16.9. The number of carboxylic acid groups (broad SMARTS) is 1. The van der Waals surface area contributed by atoms with Crippen LogP contribution in [0.5, 0.6) is 0 Å². The summed E-state index contributed by atoms with van der Waals surface area (Å²) in [5, 5.41) is 8.69. The number of methoxy groups -OCH3 is 1. The molecule has 0 aliphatic rings. The molecule has 114 valence electrons. The molecule has 0 unspecified atom stereocenters. The first-order valence-electron chi connectivity index (χ1n) is 6.79. The number of rotatable bonds is 7. The van der Waals surface area contributed by atoms with Crippen LogP contribution in [-0.4, -0.2) is 48.7 Å². The minimum absolute atomic E-state index is 0.0838. The smallest absolute Gasteiger partial charge is 0.328 e. The Balaban J connectivity index is 2.99. The first-order valence-corrected chi connectivity index (χ1v) is 6.79. The van der Waals surface area contributed by atoms with Gasteiger partial charge in [-0.2, -0.15) is 0 Å². The maximum absolute atomic E-state index is 12.4. The van der Waals surface area contributed by atoms with Gasteiger partial charge in [0.1, 0.15) is 0 Å². The summed E-state index contributed by atoms with van der Waals surface area (Å²) in [6.07, 6.45) is 2.57. The van der Waals surface area contributed by atoms with Gasteiger partial charge in [0.15, 0.2) is 0 Å². The van der Waals surface area contributed by atoms with Crippen LogP contribution in [0, 0.1) is 6.92 Å². The highest BCUT2D eigenvalue weighted by atomic mass is 16.5. The molecule has 0 radical (unpaired) electrons. The lowest BCUT2D eigenvalue weighted by Crippen LogP contribution is -2.33. The highest BCUT2D eigenvalue weighted by Gasteiger charge is 2.14. The summed E-state index contributed by atoms with van der Waals surface area (Å²) in [6.45, 7) is 5.39. The molecule has 21 heavy (non-hydrogen) atoms. The second-order valence-electron chi connectivity index (χ2n) is 4.62. The van der Waals surface area contributed by atoms with Gasteiger partial charge in [0.25, 0.3) is 5.91 Å². The van der Waals surface area contributed by atoms with Gasteiger partial charge in [-0.05, 0) is 43.2 Å². The monoisotopic (exact) mass is 291 g/mol. The lowest BCUT2D eigenvalue weighted by atomic mass is 10.0. The number of hydrogen-bond donors (Lipinski definition) is 1. The molecule has 5 heteroatoms. The van der Waals surface area contributed by atoms with Gasteiger partial charge in [-0.25, -0.2) is 4.79 Å². The van der Waals surface area contributed by atoms with Gasteiger partial charge in [-0.15, -0.1) is 0 Å². The number of carbonyl (C=O) groups is 2. The third-order valence-electron chi connectivity index (χ3n) is 3.17. The lowest BCUT2D eigenvalue weighted by Gasteiger charge is -2.20. The van der Waals surface area contributed by atoms with Gasteiger partial charge in [0.2, 0.25) is 0 Å². The van der Waals surface area contributed by atoms with Crippen molar-refractivity contribution in [2.75, 3.05) is 26.8 Å². The van der Waals surface area contributed by atoms with Crippen molar-refractivity contribution in [1.29, 1.82) is 0 Å². The zero-order chi connectivity index (χ0) is 15.8. The SMILES string of the molecule is CCN(CCOC)C(=O)c1ccc(C)c(/C=C/C(=O)O)c1. The normalized spacial score (nSPS) is 10.8. The van der Waals surface area contributed by atoms with Crippen molar-refractivity contribution >= 4 is 18.0 Å².